The zero-order chi connectivity index (χ0) is 10.1. The molecule has 2 N–H and O–H groups in total. The van der Waals surface area contributed by atoms with Gasteiger partial charge in [0, 0.05) is 25.8 Å². The summed E-state index contributed by atoms with van der Waals surface area (Å²) in [7, 11) is 0. The van der Waals surface area contributed by atoms with Crippen molar-refractivity contribution in [2.24, 2.45) is 0 Å². The SMILES string of the molecule is C/C=C/NCCNCCn1ccnn1. The fraction of sp³-hybridized carbons (Fsp3) is 0.556. The van der Waals surface area contributed by atoms with Crippen molar-refractivity contribution in [2.75, 3.05) is 19.6 Å². The Morgan fingerprint density at radius 1 is 1.36 bits per heavy atom. The van der Waals surface area contributed by atoms with Crippen LogP contribution in [0, 0.1) is 0 Å². The third-order valence-corrected chi connectivity index (χ3v) is 1.72. The highest BCUT2D eigenvalue weighted by atomic mass is 15.4. The van der Waals surface area contributed by atoms with Crippen molar-refractivity contribution in [1.82, 2.24) is 25.6 Å². The molecule has 0 unspecified atom stereocenters. The van der Waals surface area contributed by atoms with E-state index in [4.69, 9.17) is 0 Å². The lowest BCUT2D eigenvalue weighted by atomic mass is 10.5. The Balaban J connectivity index is 1.90. The first kappa shape index (κ1) is 10.7. The van der Waals surface area contributed by atoms with E-state index in [0.29, 0.717) is 0 Å². The maximum atomic E-state index is 3.86. The fourth-order valence-corrected chi connectivity index (χ4v) is 1.03. The lowest BCUT2D eigenvalue weighted by Gasteiger charge is -2.04. The molecule has 5 nitrogen and oxygen atoms in total. The topological polar surface area (TPSA) is 54.8 Å². The van der Waals surface area contributed by atoms with Crippen molar-refractivity contribution < 1.29 is 0 Å². The molecule has 0 aliphatic heterocycles. The predicted molar refractivity (Wildman–Crippen MR) is 55.7 cm³/mol. The van der Waals surface area contributed by atoms with Crippen LogP contribution in [0.5, 0.6) is 0 Å². The minimum Gasteiger partial charge on any atom is -0.390 e. The second kappa shape index (κ2) is 7.08. The van der Waals surface area contributed by atoms with Crippen LogP contribution in [0.2, 0.25) is 0 Å². The van der Waals surface area contributed by atoms with Gasteiger partial charge in [0.05, 0.1) is 12.7 Å². The normalized spacial score (nSPS) is 10.9. The molecular formula is C9H17N5. The number of allylic oxidation sites excluding steroid dienone is 1. The highest BCUT2D eigenvalue weighted by molar-refractivity contribution is 4.73. The van der Waals surface area contributed by atoms with Gasteiger partial charge in [-0.3, -0.25) is 4.68 Å². The average molecular weight is 195 g/mol. The molecule has 1 aromatic heterocycles. The van der Waals surface area contributed by atoms with Gasteiger partial charge in [-0.05, 0) is 13.1 Å². The number of nitrogens with one attached hydrogen (secondary N) is 2. The first-order valence-corrected chi connectivity index (χ1v) is 4.83. The molecule has 0 aromatic carbocycles. The summed E-state index contributed by atoms with van der Waals surface area (Å²) in [6, 6.07) is 0. The molecule has 14 heavy (non-hydrogen) atoms. The van der Waals surface area contributed by atoms with Crippen LogP contribution < -0.4 is 10.6 Å². The van der Waals surface area contributed by atoms with E-state index in [0.717, 1.165) is 26.2 Å². The Morgan fingerprint density at radius 2 is 2.29 bits per heavy atom. The number of hydrogen-bond donors (Lipinski definition) is 2. The van der Waals surface area contributed by atoms with Crippen LogP contribution in [0.4, 0.5) is 0 Å². The first-order chi connectivity index (χ1) is 6.93. The van der Waals surface area contributed by atoms with Crippen LogP contribution in [0.25, 0.3) is 0 Å². The summed E-state index contributed by atoms with van der Waals surface area (Å²) in [5, 5.41) is 14.0. The van der Waals surface area contributed by atoms with Gasteiger partial charge in [-0.2, -0.15) is 0 Å². The molecule has 1 rings (SSSR count). The van der Waals surface area contributed by atoms with Gasteiger partial charge >= 0.3 is 0 Å². The Kier molecular flexibility index (Phi) is 5.42. The van der Waals surface area contributed by atoms with Gasteiger partial charge in [0.1, 0.15) is 0 Å². The molecule has 78 valence electrons. The van der Waals surface area contributed by atoms with Gasteiger partial charge < -0.3 is 10.6 Å². The molecule has 0 spiro atoms. The molecule has 0 fully saturated rings. The lowest BCUT2D eigenvalue weighted by Crippen LogP contribution is -2.27. The van der Waals surface area contributed by atoms with E-state index < -0.39 is 0 Å². The van der Waals surface area contributed by atoms with E-state index in [2.05, 4.69) is 20.9 Å². The molecule has 0 saturated heterocycles. The van der Waals surface area contributed by atoms with E-state index in [1.165, 1.54) is 0 Å². The summed E-state index contributed by atoms with van der Waals surface area (Å²) in [6.07, 6.45) is 7.47. The molecule has 0 amide bonds. The maximum Gasteiger partial charge on any atom is 0.0692 e. The van der Waals surface area contributed by atoms with Crippen LogP contribution in [0.3, 0.4) is 0 Å². The van der Waals surface area contributed by atoms with Gasteiger partial charge in [-0.25, -0.2) is 0 Å². The van der Waals surface area contributed by atoms with Crippen molar-refractivity contribution in [3.8, 4) is 0 Å². The van der Waals surface area contributed by atoms with E-state index in [1.54, 1.807) is 6.20 Å². The maximum absolute atomic E-state index is 3.86. The van der Waals surface area contributed by atoms with Crippen LogP contribution in [0.15, 0.2) is 24.7 Å². The zero-order valence-corrected chi connectivity index (χ0v) is 8.48. The van der Waals surface area contributed by atoms with Gasteiger partial charge in [0.2, 0.25) is 0 Å². The van der Waals surface area contributed by atoms with E-state index in [9.17, 15) is 0 Å². The Morgan fingerprint density at radius 3 is 3.00 bits per heavy atom. The summed E-state index contributed by atoms with van der Waals surface area (Å²) >= 11 is 0. The molecule has 0 bridgehead atoms. The smallest absolute Gasteiger partial charge is 0.0692 e. The van der Waals surface area contributed by atoms with Gasteiger partial charge in [0.25, 0.3) is 0 Å². The Hall–Kier alpha value is -1.36. The third-order valence-electron chi connectivity index (χ3n) is 1.72. The lowest BCUT2D eigenvalue weighted by molar-refractivity contribution is 0.538. The van der Waals surface area contributed by atoms with Gasteiger partial charge in [-0.15, -0.1) is 5.10 Å². The van der Waals surface area contributed by atoms with Crippen LogP contribution in [0.1, 0.15) is 6.92 Å². The molecule has 0 aliphatic carbocycles. The second-order valence-corrected chi connectivity index (χ2v) is 2.87. The molecule has 0 atom stereocenters. The fourth-order valence-electron chi connectivity index (χ4n) is 1.03. The summed E-state index contributed by atoms with van der Waals surface area (Å²) in [5.41, 5.74) is 0. The number of rotatable bonds is 7. The Bertz CT molecular complexity index is 242. The third kappa shape index (κ3) is 4.61. The number of nitrogens with zero attached hydrogens (tertiary/aromatic N) is 3. The van der Waals surface area contributed by atoms with E-state index in [1.807, 2.05) is 30.1 Å². The van der Waals surface area contributed by atoms with Gasteiger partial charge in [0.15, 0.2) is 0 Å². The largest absolute Gasteiger partial charge is 0.390 e. The summed E-state index contributed by atoms with van der Waals surface area (Å²) < 4.78 is 1.81. The Labute approximate surface area is 84.2 Å². The highest BCUT2D eigenvalue weighted by Gasteiger charge is 1.89. The van der Waals surface area contributed by atoms with Crippen molar-refractivity contribution in [1.29, 1.82) is 0 Å². The van der Waals surface area contributed by atoms with Crippen molar-refractivity contribution in [3.05, 3.63) is 24.7 Å². The number of aromatic nitrogens is 3. The molecule has 0 aliphatic rings. The average Bonchev–Trinajstić information content (AvgIpc) is 2.69. The van der Waals surface area contributed by atoms with Gasteiger partial charge in [-0.1, -0.05) is 11.3 Å². The van der Waals surface area contributed by atoms with E-state index >= 15 is 0 Å². The molecule has 5 heteroatoms. The minimum atomic E-state index is 0.865. The predicted octanol–water partition coefficient (Wildman–Crippen LogP) is -0.00910. The van der Waals surface area contributed by atoms with Crippen LogP contribution in [-0.2, 0) is 6.54 Å². The standard InChI is InChI=1S/C9H17N5/c1-2-3-10-4-5-11-6-8-14-9-7-12-13-14/h2-3,7,9-11H,4-6,8H2,1H3/b3-2+. The van der Waals surface area contributed by atoms with E-state index in [-0.39, 0.29) is 0 Å². The molecule has 1 aromatic rings. The summed E-state index contributed by atoms with van der Waals surface area (Å²) in [4.78, 5) is 0. The molecular weight excluding hydrogens is 178 g/mol. The summed E-state index contributed by atoms with van der Waals surface area (Å²) in [6.45, 7) is 5.68. The molecule has 1 heterocycles. The van der Waals surface area contributed by atoms with Crippen LogP contribution in [-0.4, -0.2) is 34.6 Å². The minimum absolute atomic E-state index is 0.865. The molecule has 0 saturated carbocycles. The highest BCUT2D eigenvalue weighted by Crippen LogP contribution is 1.77. The zero-order valence-electron chi connectivity index (χ0n) is 8.48. The second-order valence-electron chi connectivity index (χ2n) is 2.87. The molecule has 0 radical (unpaired) electrons. The monoisotopic (exact) mass is 195 g/mol. The first-order valence-electron chi connectivity index (χ1n) is 4.83. The van der Waals surface area contributed by atoms with Crippen molar-refractivity contribution >= 4 is 0 Å². The van der Waals surface area contributed by atoms with Crippen LogP contribution >= 0.6 is 0 Å². The summed E-state index contributed by atoms with van der Waals surface area (Å²) in [5.74, 6) is 0. The quantitative estimate of drug-likeness (QED) is 0.601. The van der Waals surface area contributed by atoms with Crippen molar-refractivity contribution in [3.63, 3.8) is 0 Å². The number of hydrogen-bond acceptors (Lipinski definition) is 4. The van der Waals surface area contributed by atoms with Crippen molar-refractivity contribution in [2.45, 2.75) is 13.5 Å².